The third-order valence-corrected chi connectivity index (χ3v) is 4.18. The van der Waals surface area contributed by atoms with E-state index in [9.17, 15) is 0 Å². The molecule has 2 rings (SSSR count). The lowest BCUT2D eigenvalue weighted by Gasteiger charge is -2.23. The summed E-state index contributed by atoms with van der Waals surface area (Å²) >= 11 is 5.43. The normalized spacial score (nSPS) is 11.9. The topological polar surface area (TPSA) is 37.7 Å². The highest BCUT2D eigenvalue weighted by molar-refractivity contribution is 7.80. The van der Waals surface area contributed by atoms with Crippen molar-refractivity contribution in [3.05, 3.63) is 59.7 Å². The maximum atomic E-state index is 5.43. The van der Waals surface area contributed by atoms with E-state index in [2.05, 4.69) is 55.9 Å². The van der Waals surface area contributed by atoms with Crippen LogP contribution in [0.15, 0.2) is 48.5 Å². The molecule has 4 nitrogen and oxygen atoms in total. The molecule has 5 heteroatoms. The number of anilines is 1. The molecule has 0 spiro atoms. The first-order chi connectivity index (χ1) is 11.5. The van der Waals surface area contributed by atoms with Crippen molar-refractivity contribution >= 4 is 23.0 Å². The minimum absolute atomic E-state index is 0.275. The molecule has 1 atom stereocenters. The van der Waals surface area contributed by atoms with Crippen molar-refractivity contribution in [1.29, 1.82) is 0 Å². The van der Waals surface area contributed by atoms with Crippen molar-refractivity contribution in [2.75, 3.05) is 33.1 Å². The molecule has 3 N–H and O–H groups in total. The Balaban J connectivity index is 1.99. The minimum Gasteiger partial charge on any atom is -0.497 e. The Morgan fingerprint density at radius 2 is 1.92 bits per heavy atom. The number of likely N-dealkylation sites (N-methyl/N-ethyl adjacent to an activating group) is 1. The van der Waals surface area contributed by atoms with Crippen LogP contribution >= 0.6 is 12.2 Å². The van der Waals surface area contributed by atoms with Gasteiger partial charge in [0.1, 0.15) is 11.8 Å². The summed E-state index contributed by atoms with van der Waals surface area (Å²) in [5, 5.41) is 7.20. The van der Waals surface area contributed by atoms with Crippen molar-refractivity contribution < 1.29 is 9.64 Å². The fraction of sp³-hybridized carbons (Fsp3) is 0.316. The molecule has 0 saturated carbocycles. The Kier molecular flexibility index (Phi) is 6.58. The lowest BCUT2D eigenvalue weighted by molar-refractivity contribution is -0.890. The molecule has 2 aromatic carbocycles. The second-order valence-electron chi connectivity index (χ2n) is 6.11. The Morgan fingerprint density at radius 3 is 2.58 bits per heavy atom. The van der Waals surface area contributed by atoms with E-state index in [1.165, 1.54) is 16.0 Å². The second-order valence-corrected chi connectivity index (χ2v) is 6.52. The van der Waals surface area contributed by atoms with Crippen LogP contribution in [0, 0.1) is 6.92 Å². The molecule has 0 aliphatic rings. The largest absolute Gasteiger partial charge is 0.497 e. The summed E-state index contributed by atoms with van der Waals surface area (Å²) in [6.45, 7) is 2.81. The fourth-order valence-corrected chi connectivity index (χ4v) is 2.81. The molecule has 0 unspecified atom stereocenters. The van der Waals surface area contributed by atoms with Crippen LogP contribution < -0.4 is 20.3 Å². The van der Waals surface area contributed by atoms with E-state index < -0.39 is 0 Å². The number of hydrogen-bond donors (Lipinski definition) is 3. The number of rotatable bonds is 6. The van der Waals surface area contributed by atoms with Gasteiger partial charge >= 0.3 is 0 Å². The average molecular weight is 345 g/mol. The summed E-state index contributed by atoms with van der Waals surface area (Å²) < 4.78 is 5.33. The third kappa shape index (κ3) is 5.22. The van der Waals surface area contributed by atoms with Gasteiger partial charge in [-0.25, -0.2) is 0 Å². The molecule has 0 bridgehead atoms. The maximum Gasteiger partial charge on any atom is 0.171 e. The van der Waals surface area contributed by atoms with Crippen LogP contribution in [-0.2, 0) is 0 Å². The van der Waals surface area contributed by atoms with Crippen LogP contribution in [0.4, 0.5) is 5.69 Å². The first-order valence-corrected chi connectivity index (χ1v) is 8.46. The number of ether oxygens (including phenoxy) is 1. The molecule has 0 fully saturated rings. The van der Waals surface area contributed by atoms with Gasteiger partial charge in [0, 0.05) is 11.3 Å². The Bertz CT molecular complexity index is 688. The molecular weight excluding hydrogens is 318 g/mol. The van der Waals surface area contributed by atoms with Crippen LogP contribution in [0.25, 0.3) is 0 Å². The SMILES string of the molecule is COc1cccc([C@H](CNC(=S)Nc2cccc(C)c2)[NH+](C)C)c1. The van der Waals surface area contributed by atoms with Gasteiger partial charge < -0.3 is 20.3 Å². The summed E-state index contributed by atoms with van der Waals surface area (Å²) in [6.07, 6.45) is 0. The number of methoxy groups -OCH3 is 1. The van der Waals surface area contributed by atoms with Gasteiger partial charge in [-0.05, 0) is 49.0 Å². The summed E-state index contributed by atoms with van der Waals surface area (Å²) in [7, 11) is 5.97. The standard InChI is InChI=1S/C19H25N3OS/c1-14-7-5-9-16(11-14)21-19(24)20-13-18(22(2)3)15-8-6-10-17(12-15)23-4/h5-12,18H,13H2,1-4H3,(H2,20,21,24)/p+1/t18-/m0/s1. The van der Waals surface area contributed by atoms with Crippen molar-refractivity contribution in [3.63, 3.8) is 0 Å². The van der Waals surface area contributed by atoms with Gasteiger partial charge in [-0.15, -0.1) is 0 Å². The quantitative estimate of drug-likeness (QED) is 0.702. The number of thiocarbonyl (C=S) groups is 1. The highest BCUT2D eigenvalue weighted by Crippen LogP contribution is 2.17. The molecule has 0 heterocycles. The molecule has 0 radical (unpaired) electrons. The zero-order valence-electron chi connectivity index (χ0n) is 14.7. The van der Waals surface area contributed by atoms with Gasteiger partial charge in [-0.1, -0.05) is 24.3 Å². The molecule has 2 aromatic rings. The third-order valence-electron chi connectivity index (χ3n) is 3.94. The highest BCUT2D eigenvalue weighted by Gasteiger charge is 2.18. The molecule has 128 valence electrons. The molecule has 24 heavy (non-hydrogen) atoms. The van der Waals surface area contributed by atoms with Crippen LogP contribution in [0.5, 0.6) is 5.75 Å². The summed E-state index contributed by atoms with van der Waals surface area (Å²) in [6, 6.07) is 16.6. The predicted molar refractivity (Wildman–Crippen MR) is 104 cm³/mol. The molecule has 0 saturated heterocycles. The molecule has 0 aliphatic carbocycles. The number of hydrogen-bond acceptors (Lipinski definition) is 2. The first-order valence-electron chi connectivity index (χ1n) is 8.05. The lowest BCUT2D eigenvalue weighted by Crippen LogP contribution is -3.07. The van der Waals surface area contributed by atoms with E-state index in [1.807, 2.05) is 24.3 Å². The zero-order valence-corrected chi connectivity index (χ0v) is 15.5. The fourth-order valence-electron chi connectivity index (χ4n) is 2.61. The van der Waals surface area contributed by atoms with Crippen molar-refractivity contribution in [1.82, 2.24) is 5.32 Å². The number of aryl methyl sites for hydroxylation is 1. The van der Waals surface area contributed by atoms with Gasteiger partial charge in [0.15, 0.2) is 5.11 Å². The van der Waals surface area contributed by atoms with Crippen LogP contribution in [0.1, 0.15) is 17.2 Å². The summed E-state index contributed by atoms with van der Waals surface area (Å²) in [4.78, 5) is 1.33. The maximum absolute atomic E-state index is 5.43. The predicted octanol–water partition coefficient (Wildman–Crippen LogP) is 2.18. The second kappa shape index (κ2) is 8.66. The van der Waals surface area contributed by atoms with Gasteiger partial charge in [0.2, 0.25) is 0 Å². The van der Waals surface area contributed by atoms with E-state index in [1.54, 1.807) is 7.11 Å². The van der Waals surface area contributed by atoms with E-state index >= 15 is 0 Å². The Morgan fingerprint density at radius 1 is 1.17 bits per heavy atom. The summed E-state index contributed by atoms with van der Waals surface area (Å²) in [5.74, 6) is 0.874. The Labute approximate surface area is 149 Å². The van der Waals surface area contributed by atoms with E-state index in [0.29, 0.717) is 5.11 Å². The van der Waals surface area contributed by atoms with Crippen molar-refractivity contribution in [2.24, 2.45) is 0 Å². The number of benzene rings is 2. The number of quaternary nitrogens is 1. The first kappa shape index (κ1) is 18.2. The zero-order chi connectivity index (χ0) is 17.5. The summed E-state index contributed by atoms with van der Waals surface area (Å²) in [5.41, 5.74) is 3.43. The molecule has 0 aromatic heterocycles. The Hall–Kier alpha value is -2.11. The van der Waals surface area contributed by atoms with Gasteiger partial charge in [0.25, 0.3) is 0 Å². The van der Waals surface area contributed by atoms with E-state index in [4.69, 9.17) is 17.0 Å². The van der Waals surface area contributed by atoms with E-state index in [0.717, 1.165) is 18.0 Å². The smallest absolute Gasteiger partial charge is 0.171 e. The van der Waals surface area contributed by atoms with Gasteiger partial charge in [-0.2, -0.15) is 0 Å². The van der Waals surface area contributed by atoms with Gasteiger partial charge in [0.05, 0.1) is 27.7 Å². The van der Waals surface area contributed by atoms with Crippen LogP contribution in [0.2, 0.25) is 0 Å². The van der Waals surface area contributed by atoms with Crippen LogP contribution in [0.3, 0.4) is 0 Å². The highest BCUT2D eigenvalue weighted by atomic mass is 32.1. The van der Waals surface area contributed by atoms with Crippen molar-refractivity contribution in [2.45, 2.75) is 13.0 Å². The molecule has 0 amide bonds. The van der Waals surface area contributed by atoms with Gasteiger partial charge in [-0.3, -0.25) is 0 Å². The van der Waals surface area contributed by atoms with Crippen molar-refractivity contribution in [3.8, 4) is 5.75 Å². The molecular formula is C19H26N3OS+. The minimum atomic E-state index is 0.275. The monoisotopic (exact) mass is 344 g/mol. The average Bonchev–Trinajstić information content (AvgIpc) is 2.55. The van der Waals surface area contributed by atoms with Crippen LogP contribution in [-0.4, -0.2) is 32.9 Å². The molecule has 0 aliphatic heterocycles. The lowest BCUT2D eigenvalue weighted by atomic mass is 10.1. The number of nitrogens with one attached hydrogen (secondary N) is 3. The van der Waals surface area contributed by atoms with E-state index in [-0.39, 0.29) is 6.04 Å².